The molecule has 3 aromatic rings. The number of ketones is 1. The van der Waals surface area contributed by atoms with Crippen molar-refractivity contribution >= 4 is 40.9 Å². The largest absolute Gasteiger partial charge is 0.444 e. The second-order valence-electron chi connectivity index (χ2n) is 15.7. The molecule has 0 bridgehead atoms. The molecule has 0 spiro atoms. The summed E-state index contributed by atoms with van der Waals surface area (Å²) in [7, 11) is 0. The molecule has 1 aliphatic carbocycles. The molecule has 2 aliphatic heterocycles. The number of benzene rings is 3. The number of azo groups is 1. The molecule has 3 amide bonds. The van der Waals surface area contributed by atoms with Gasteiger partial charge in [0.05, 0.1) is 0 Å². The first kappa shape index (κ1) is 39.5. The van der Waals surface area contributed by atoms with Gasteiger partial charge in [0.1, 0.15) is 11.4 Å². The quantitative estimate of drug-likeness (QED) is 0.161. The molecule has 1 saturated carbocycles. The van der Waals surface area contributed by atoms with Crippen LogP contribution in [0, 0.1) is 23.7 Å². The summed E-state index contributed by atoms with van der Waals surface area (Å²) in [5, 5.41) is 17.0. The summed E-state index contributed by atoms with van der Waals surface area (Å²) < 4.78 is 10.8. The van der Waals surface area contributed by atoms with Gasteiger partial charge in [-0.15, -0.1) is 5.11 Å². The Morgan fingerprint density at radius 3 is 2.18 bits per heavy atom. The maximum atomic E-state index is 13.9. The fourth-order valence-corrected chi connectivity index (χ4v) is 7.37. The Bertz CT molecular complexity index is 1870. The van der Waals surface area contributed by atoms with E-state index in [-0.39, 0.29) is 41.8 Å². The first-order valence-corrected chi connectivity index (χ1v) is 19.4. The van der Waals surface area contributed by atoms with Crippen molar-refractivity contribution in [3.05, 3.63) is 83.9 Å². The summed E-state index contributed by atoms with van der Waals surface area (Å²) >= 11 is 0. The lowest BCUT2D eigenvalue weighted by atomic mass is 9.77. The number of rotatable bonds is 13. The average Bonchev–Trinajstić information content (AvgIpc) is 3.73. The Morgan fingerprint density at radius 2 is 1.51 bits per heavy atom. The minimum absolute atomic E-state index is 0.00397. The van der Waals surface area contributed by atoms with E-state index in [4.69, 9.17) is 9.47 Å². The minimum atomic E-state index is -0.594. The average molecular weight is 749 g/mol. The van der Waals surface area contributed by atoms with Crippen LogP contribution in [0.3, 0.4) is 0 Å². The number of nitrogens with zero attached hydrogens (tertiary/aromatic N) is 3. The number of anilines is 2. The third-order valence-electron chi connectivity index (χ3n) is 10.4. The molecule has 1 saturated heterocycles. The fourth-order valence-electron chi connectivity index (χ4n) is 7.37. The van der Waals surface area contributed by atoms with Gasteiger partial charge in [0.15, 0.2) is 12.5 Å². The Labute approximate surface area is 323 Å². The zero-order valence-corrected chi connectivity index (χ0v) is 32.0. The van der Waals surface area contributed by atoms with Crippen molar-refractivity contribution in [1.82, 2.24) is 5.32 Å². The first-order chi connectivity index (χ1) is 26.5. The van der Waals surface area contributed by atoms with E-state index in [0.29, 0.717) is 57.2 Å². The lowest BCUT2D eigenvalue weighted by Gasteiger charge is -2.29. The van der Waals surface area contributed by atoms with Gasteiger partial charge in [-0.3, -0.25) is 14.4 Å². The number of aliphatic imine (C=N–C) groups is 1. The van der Waals surface area contributed by atoms with Crippen molar-refractivity contribution in [3.8, 4) is 11.1 Å². The van der Waals surface area contributed by atoms with Gasteiger partial charge in [0, 0.05) is 66.4 Å². The number of Topliss-reactive ketones (excluding diaryl/α,β-unsaturated/α-hetero) is 1. The molecular weight excluding hydrogens is 697 g/mol. The number of amidine groups is 1. The molecule has 6 rings (SSSR count). The maximum absolute atomic E-state index is 13.9. The number of nitrogens with one attached hydrogen (secondary N) is 3. The van der Waals surface area contributed by atoms with Crippen LogP contribution in [0.15, 0.2) is 88.0 Å². The highest BCUT2D eigenvalue weighted by molar-refractivity contribution is 6.01. The van der Waals surface area contributed by atoms with Crippen molar-refractivity contribution in [1.29, 1.82) is 0 Å². The third-order valence-corrected chi connectivity index (χ3v) is 10.4. The molecule has 55 heavy (non-hydrogen) atoms. The molecule has 12 heteroatoms. The van der Waals surface area contributed by atoms with Gasteiger partial charge in [-0.2, -0.15) is 5.11 Å². The van der Waals surface area contributed by atoms with Crippen LogP contribution in [-0.2, 0) is 30.3 Å². The Balaban J connectivity index is 1.11. The van der Waals surface area contributed by atoms with Crippen LogP contribution in [0.25, 0.3) is 11.1 Å². The van der Waals surface area contributed by atoms with Gasteiger partial charge < -0.3 is 25.4 Å². The van der Waals surface area contributed by atoms with Gasteiger partial charge >= 0.3 is 6.09 Å². The summed E-state index contributed by atoms with van der Waals surface area (Å²) in [5.74, 6) is -0.100. The van der Waals surface area contributed by atoms with Crippen LogP contribution in [0.2, 0.25) is 0 Å². The van der Waals surface area contributed by atoms with Crippen LogP contribution in [0.4, 0.5) is 16.2 Å². The molecule has 2 heterocycles. The SMILES string of the molecule is CC(C)(C)OC(=O)NCC1CCC(C(=O)C[C@@H](Cc2ccc(-c3ccccc3NC(=O)C3CCOCC3)cc2)C(=O)Nc2ccc(C3=NCN=N3)cc2)CC1. The topological polar surface area (TPSA) is 160 Å². The summed E-state index contributed by atoms with van der Waals surface area (Å²) in [6, 6.07) is 23.0. The monoisotopic (exact) mass is 748 g/mol. The molecular formula is C43H52N6O6. The van der Waals surface area contributed by atoms with Crippen LogP contribution >= 0.6 is 0 Å². The van der Waals surface area contributed by atoms with Crippen LogP contribution in [0.5, 0.6) is 0 Å². The van der Waals surface area contributed by atoms with Gasteiger partial charge in [0.25, 0.3) is 0 Å². The Kier molecular flexibility index (Phi) is 13.2. The Morgan fingerprint density at radius 1 is 0.818 bits per heavy atom. The number of hydrogen-bond donors (Lipinski definition) is 3. The van der Waals surface area contributed by atoms with E-state index < -0.39 is 17.6 Å². The van der Waals surface area contributed by atoms with Crippen molar-refractivity contribution in [2.45, 2.75) is 77.7 Å². The fraction of sp³-hybridized carbons (Fsp3) is 0.465. The minimum Gasteiger partial charge on any atom is -0.444 e. The number of para-hydroxylation sites is 1. The van der Waals surface area contributed by atoms with E-state index in [1.165, 1.54) is 0 Å². The second-order valence-corrected chi connectivity index (χ2v) is 15.7. The summed E-state index contributed by atoms with van der Waals surface area (Å²) in [6.45, 7) is 7.52. The van der Waals surface area contributed by atoms with Crippen molar-refractivity contribution in [3.63, 3.8) is 0 Å². The molecule has 0 unspecified atom stereocenters. The first-order valence-electron chi connectivity index (χ1n) is 19.4. The van der Waals surface area contributed by atoms with Crippen LogP contribution in [0.1, 0.15) is 76.8 Å². The lowest BCUT2D eigenvalue weighted by Crippen LogP contribution is -2.37. The number of carbonyl (C=O) groups is 4. The van der Waals surface area contributed by atoms with Crippen LogP contribution < -0.4 is 16.0 Å². The number of alkyl carbamates (subject to hydrolysis) is 1. The lowest BCUT2D eigenvalue weighted by molar-refractivity contribution is -0.129. The van der Waals surface area contributed by atoms with E-state index >= 15 is 0 Å². The molecule has 290 valence electrons. The number of ether oxygens (including phenoxy) is 2. The molecule has 3 aliphatic rings. The van der Waals surface area contributed by atoms with Gasteiger partial charge in [-0.05, 0) is 113 Å². The van der Waals surface area contributed by atoms with E-state index in [2.05, 4.69) is 31.2 Å². The zero-order chi connectivity index (χ0) is 38.8. The van der Waals surface area contributed by atoms with Gasteiger partial charge in [-0.25, -0.2) is 9.79 Å². The normalized spacial score (nSPS) is 19.2. The molecule has 3 N–H and O–H groups in total. The smallest absolute Gasteiger partial charge is 0.407 e. The molecule has 0 aromatic heterocycles. The number of carbonyl (C=O) groups excluding carboxylic acids is 4. The maximum Gasteiger partial charge on any atom is 0.407 e. The molecule has 12 nitrogen and oxygen atoms in total. The second kappa shape index (κ2) is 18.4. The van der Waals surface area contributed by atoms with Gasteiger partial charge in [0.2, 0.25) is 11.8 Å². The standard InChI is InChI=1S/C43H52N6O6/c1-43(2,3)55-42(53)44-26-29-10-14-31(15-11-29)38(50)25-34(41(52)47-35-18-16-32(17-19-35)39-45-27-46-49-39)24-28-8-12-30(13-9-28)36-6-4-5-7-37(36)48-40(51)33-20-22-54-23-21-33/h4-9,12-13,16-19,29,31,33-34H,10-11,14-15,20-27H2,1-3H3,(H,44,53)(H,47,52)(H,48,51)/t29?,31?,34-/m1/s1. The van der Waals surface area contributed by atoms with E-state index in [0.717, 1.165) is 53.6 Å². The number of hydrogen-bond acceptors (Lipinski definition) is 9. The highest BCUT2D eigenvalue weighted by Crippen LogP contribution is 2.33. The molecule has 0 radical (unpaired) electrons. The van der Waals surface area contributed by atoms with Crippen molar-refractivity contribution in [2.75, 3.05) is 37.1 Å². The highest BCUT2D eigenvalue weighted by atomic mass is 16.6. The number of amides is 3. The molecule has 2 fully saturated rings. The summed E-state index contributed by atoms with van der Waals surface area (Å²) in [6.07, 6.45) is 4.56. The van der Waals surface area contributed by atoms with E-state index in [1.807, 2.05) is 93.6 Å². The van der Waals surface area contributed by atoms with E-state index in [9.17, 15) is 19.2 Å². The van der Waals surface area contributed by atoms with Crippen molar-refractivity contribution < 1.29 is 28.7 Å². The predicted molar refractivity (Wildman–Crippen MR) is 212 cm³/mol. The third kappa shape index (κ3) is 11.4. The summed E-state index contributed by atoms with van der Waals surface area (Å²) in [5.41, 5.74) is 4.39. The predicted octanol–water partition coefficient (Wildman–Crippen LogP) is 7.98. The highest BCUT2D eigenvalue weighted by Gasteiger charge is 2.31. The Hall–Kier alpha value is -5.23. The van der Waals surface area contributed by atoms with Crippen molar-refractivity contribution in [2.24, 2.45) is 38.9 Å². The zero-order valence-electron chi connectivity index (χ0n) is 32.0. The van der Waals surface area contributed by atoms with E-state index in [1.54, 1.807) is 0 Å². The van der Waals surface area contributed by atoms with Gasteiger partial charge in [-0.1, -0.05) is 42.5 Å². The molecule has 3 aromatic carbocycles. The van der Waals surface area contributed by atoms with Crippen LogP contribution in [-0.4, -0.2) is 61.6 Å². The molecule has 1 atom stereocenters. The summed E-state index contributed by atoms with van der Waals surface area (Å²) in [4.78, 5) is 57.2.